The number of rotatable bonds is 8. The fraction of sp³-hybridized carbons (Fsp3) is 0.455. The van der Waals surface area contributed by atoms with E-state index in [2.05, 4.69) is 39.2 Å². The van der Waals surface area contributed by atoms with Crippen LogP contribution in [-0.2, 0) is 20.4 Å². The first-order valence-electron chi connectivity index (χ1n) is 9.70. The van der Waals surface area contributed by atoms with Gasteiger partial charge >= 0.3 is 0 Å². The Kier molecular flexibility index (Phi) is 7.01. The highest BCUT2D eigenvalue weighted by molar-refractivity contribution is 6.74. The van der Waals surface area contributed by atoms with Crippen molar-refractivity contribution >= 4 is 30.9 Å². The summed E-state index contributed by atoms with van der Waals surface area (Å²) in [6, 6.07) is 13.2. The molecule has 152 valence electrons. The summed E-state index contributed by atoms with van der Waals surface area (Å²) in [4.78, 5) is 24.2. The van der Waals surface area contributed by atoms with Gasteiger partial charge in [0.25, 0.3) is 0 Å². The minimum absolute atomic E-state index is 0.0918. The topological polar surface area (TPSA) is 81.4 Å². The predicted molar refractivity (Wildman–Crippen MR) is 117 cm³/mol. The van der Waals surface area contributed by atoms with E-state index in [1.54, 1.807) is 0 Å². The molecule has 2 rings (SSSR count). The zero-order valence-corrected chi connectivity index (χ0v) is 18.5. The van der Waals surface area contributed by atoms with E-state index in [4.69, 9.17) is 10.2 Å². The Morgan fingerprint density at radius 2 is 1.75 bits per heavy atom. The summed E-state index contributed by atoms with van der Waals surface area (Å²) in [5.74, 6) is -0.753. The van der Waals surface area contributed by atoms with Gasteiger partial charge in [-0.2, -0.15) is 0 Å². The first-order chi connectivity index (χ1) is 13.0. The average Bonchev–Trinajstić information content (AvgIpc) is 2.59. The molecule has 0 aromatic heterocycles. The molecule has 3 N–H and O–H groups in total. The van der Waals surface area contributed by atoms with Gasteiger partial charge in [0.15, 0.2) is 8.32 Å². The van der Waals surface area contributed by atoms with Crippen LogP contribution in [-0.4, -0.2) is 32.8 Å². The van der Waals surface area contributed by atoms with Gasteiger partial charge in [-0.3, -0.25) is 9.59 Å². The Balaban J connectivity index is 1.93. The molecule has 0 aliphatic heterocycles. The molecule has 2 aromatic carbocycles. The van der Waals surface area contributed by atoms with Crippen molar-refractivity contribution in [1.82, 2.24) is 5.32 Å². The quantitative estimate of drug-likeness (QED) is 0.662. The minimum atomic E-state index is -1.90. The third kappa shape index (κ3) is 5.91. The lowest BCUT2D eigenvalue weighted by molar-refractivity contribution is -0.127. The van der Waals surface area contributed by atoms with E-state index in [1.165, 1.54) is 0 Å². The number of hydrogen-bond donors (Lipinski definition) is 2. The Bertz CT molecular complexity index is 843. The van der Waals surface area contributed by atoms with Crippen LogP contribution in [0.3, 0.4) is 0 Å². The number of carbonyl (C=O) groups is 2. The van der Waals surface area contributed by atoms with Crippen LogP contribution in [0.1, 0.15) is 32.8 Å². The third-order valence-corrected chi connectivity index (χ3v) is 10.1. The van der Waals surface area contributed by atoms with Gasteiger partial charge < -0.3 is 15.5 Å². The second kappa shape index (κ2) is 8.88. The van der Waals surface area contributed by atoms with Gasteiger partial charge in [-0.05, 0) is 40.9 Å². The van der Waals surface area contributed by atoms with E-state index < -0.39 is 20.3 Å². The zero-order valence-electron chi connectivity index (χ0n) is 17.5. The first kappa shape index (κ1) is 22.1. The van der Waals surface area contributed by atoms with Crippen LogP contribution >= 0.6 is 0 Å². The number of nitrogens with one attached hydrogen (secondary N) is 1. The lowest BCUT2D eigenvalue weighted by Gasteiger charge is -2.36. The molecular weight excluding hydrogens is 368 g/mol. The molecule has 0 aliphatic carbocycles. The van der Waals surface area contributed by atoms with E-state index in [9.17, 15) is 9.59 Å². The van der Waals surface area contributed by atoms with E-state index in [0.717, 1.165) is 16.3 Å². The van der Waals surface area contributed by atoms with Crippen molar-refractivity contribution in [2.45, 2.75) is 57.8 Å². The van der Waals surface area contributed by atoms with Crippen LogP contribution < -0.4 is 11.1 Å². The Labute approximate surface area is 168 Å². The lowest BCUT2D eigenvalue weighted by atomic mass is 10.0. The standard InChI is InChI=1S/C22H32N2O3Si/c1-22(2,3)28(4,5)27-13-12-19(21(23)26)24-20(25)15-16-10-11-17-8-6-7-9-18(17)14-16/h6-11,14,19H,12-13,15H2,1-5H3,(H2,23,26)(H,24,25)/t19-/m0/s1. The summed E-state index contributed by atoms with van der Waals surface area (Å²) >= 11 is 0. The monoisotopic (exact) mass is 400 g/mol. The zero-order chi connectivity index (χ0) is 20.9. The molecule has 0 aliphatic rings. The number of fused-ring (bicyclic) bond motifs is 1. The number of primary amides is 1. The van der Waals surface area contributed by atoms with E-state index >= 15 is 0 Å². The molecule has 28 heavy (non-hydrogen) atoms. The molecule has 1 atom stereocenters. The van der Waals surface area contributed by atoms with Gasteiger partial charge in [0.05, 0.1) is 6.42 Å². The van der Waals surface area contributed by atoms with Gasteiger partial charge in [-0.1, -0.05) is 63.2 Å². The molecule has 0 saturated carbocycles. The van der Waals surface area contributed by atoms with Gasteiger partial charge in [0.2, 0.25) is 11.8 Å². The molecule has 2 aromatic rings. The highest BCUT2D eigenvalue weighted by Crippen LogP contribution is 2.36. The Morgan fingerprint density at radius 1 is 1.11 bits per heavy atom. The number of carbonyl (C=O) groups excluding carboxylic acids is 2. The predicted octanol–water partition coefficient (Wildman–Crippen LogP) is 3.76. The summed E-state index contributed by atoms with van der Waals surface area (Å²) in [7, 11) is -1.90. The maximum Gasteiger partial charge on any atom is 0.240 e. The van der Waals surface area contributed by atoms with Crippen LogP contribution in [0.5, 0.6) is 0 Å². The summed E-state index contributed by atoms with van der Waals surface area (Å²) < 4.78 is 6.10. The normalized spacial score (nSPS) is 13.3. The van der Waals surface area contributed by atoms with Gasteiger partial charge in [0.1, 0.15) is 6.04 Å². The molecule has 0 fully saturated rings. The highest BCUT2D eigenvalue weighted by Gasteiger charge is 2.37. The van der Waals surface area contributed by atoms with Gasteiger partial charge in [0, 0.05) is 6.61 Å². The molecule has 0 saturated heterocycles. The van der Waals surface area contributed by atoms with Crippen molar-refractivity contribution in [2.75, 3.05) is 6.61 Å². The number of hydrogen-bond acceptors (Lipinski definition) is 3. The molecule has 0 spiro atoms. The van der Waals surface area contributed by atoms with Crippen molar-refractivity contribution in [1.29, 1.82) is 0 Å². The molecule has 0 radical (unpaired) electrons. The third-order valence-electron chi connectivity index (χ3n) is 5.53. The lowest BCUT2D eigenvalue weighted by Crippen LogP contribution is -2.47. The molecule has 2 amide bonds. The van der Waals surface area contributed by atoms with E-state index in [-0.39, 0.29) is 17.4 Å². The largest absolute Gasteiger partial charge is 0.417 e. The fourth-order valence-electron chi connectivity index (χ4n) is 2.71. The minimum Gasteiger partial charge on any atom is -0.417 e. The van der Waals surface area contributed by atoms with Crippen LogP contribution in [0.15, 0.2) is 42.5 Å². The molecule has 5 nitrogen and oxygen atoms in total. The van der Waals surface area contributed by atoms with Crippen LogP contribution in [0, 0.1) is 0 Å². The average molecular weight is 401 g/mol. The van der Waals surface area contributed by atoms with Crippen molar-refractivity contribution in [3.63, 3.8) is 0 Å². The van der Waals surface area contributed by atoms with E-state index in [1.807, 2.05) is 42.5 Å². The Hall–Kier alpha value is -2.18. The van der Waals surface area contributed by atoms with Crippen molar-refractivity contribution < 1.29 is 14.0 Å². The Morgan fingerprint density at radius 3 is 2.36 bits per heavy atom. The first-order valence-corrected chi connectivity index (χ1v) is 12.6. The SMILES string of the molecule is CC(C)(C)[Si](C)(C)OCC[C@H](NC(=O)Cc1ccc2ccccc2c1)C(N)=O. The summed E-state index contributed by atoms with van der Waals surface area (Å²) in [5.41, 5.74) is 6.39. The second-order valence-corrected chi connectivity index (χ2v) is 13.6. The summed E-state index contributed by atoms with van der Waals surface area (Å²) in [6.07, 6.45) is 0.586. The number of benzene rings is 2. The molecular formula is C22H32N2O3Si. The van der Waals surface area contributed by atoms with Crippen LogP contribution in [0.25, 0.3) is 10.8 Å². The van der Waals surface area contributed by atoms with Gasteiger partial charge in [-0.25, -0.2) is 0 Å². The second-order valence-electron chi connectivity index (χ2n) is 8.78. The van der Waals surface area contributed by atoms with Crippen molar-refractivity contribution in [2.24, 2.45) is 5.73 Å². The number of nitrogens with two attached hydrogens (primary N) is 1. The van der Waals surface area contributed by atoms with E-state index in [0.29, 0.717) is 13.0 Å². The fourth-order valence-corrected chi connectivity index (χ4v) is 3.77. The molecule has 0 heterocycles. The maximum atomic E-state index is 12.4. The molecule has 6 heteroatoms. The molecule has 0 unspecified atom stereocenters. The number of amides is 2. The smallest absolute Gasteiger partial charge is 0.240 e. The highest BCUT2D eigenvalue weighted by atomic mass is 28.4. The van der Waals surface area contributed by atoms with Crippen LogP contribution in [0.2, 0.25) is 18.1 Å². The van der Waals surface area contributed by atoms with Crippen molar-refractivity contribution in [3.8, 4) is 0 Å². The summed E-state index contributed by atoms with van der Waals surface area (Å²) in [5, 5.41) is 5.07. The maximum absolute atomic E-state index is 12.4. The van der Waals surface area contributed by atoms with Gasteiger partial charge in [-0.15, -0.1) is 0 Å². The summed E-state index contributed by atoms with van der Waals surface area (Å²) in [6.45, 7) is 11.2. The van der Waals surface area contributed by atoms with Crippen molar-refractivity contribution in [3.05, 3.63) is 48.0 Å². The van der Waals surface area contributed by atoms with Crippen LogP contribution in [0.4, 0.5) is 0 Å². The molecule has 0 bridgehead atoms.